The van der Waals surface area contributed by atoms with Gasteiger partial charge in [0.2, 0.25) is 5.82 Å². The largest absolute Gasteiger partial charge is 0.388 e. The van der Waals surface area contributed by atoms with Crippen molar-refractivity contribution in [2.75, 3.05) is 6.54 Å². The molecule has 1 aliphatic rings. The van der Waals surface area contributed by atoms with Crippen molar-refractivity contribution in [3.05, 3.63) is 23.8 Å². The molecule has 2 aromatic rings. The Morgan fingerprint density at radius 1 is 1.36 bits per heavy atom. The number of aliphatic hydroxyl groups is 1. The second kappa shape index (κ2) is 6.00. The average Bonchev–Trinajstić information content (AvgIpc) is 2.83. The Bertz CT molecular complexity index is 674. The molecule has 22 heavy (non-hydrogen) atoms. The molecular formula is C15H21N5O2. The predicted octanol–water partition coefficient (Wildman–Crippen LogP) is 1.25. The maximum Gasteiger partial charge on any atom is 0.291 e. The number of fused-ring (bicyclic) bond motifs is 1. The quantitative estimate of drug-likeness (QED) is 0.832. The molecule has 0 aromatic carbocycles. The first-order chi connectivity index (χ1) is 10.6. The summed E-state index contributed by atoms with van der Waals surface area (Å²) in [7, 11) is 0. The Hall–Kier alpha value is -2.02. The van der Waals surface area contributed by atoms with Crippen LogP contribution in [0.25, 0.3) is 5.78 Å². The SMILES string of the molecule is Cc1ccnc2nc(C(=O)NCC3(O)CCCCCC3)nn12. The second-order valence-corrected chi connectivity index (χ2v) is 6.05. The first-order valence-corrected chi connectivity index (χ1v) is 7.76. The molecule has 1 fully saturated rings. The number of amides is 1. The van der Waals surface area contributed by atoms with Crippen molar-refractivity contribution in [2.24, 2.45) is 0 Å². The van der Waals surface area contributed by atoms with Crippen LogP contribution in [-0.2, 0) is 0 Å². The van der Waals surface area contributed by atoms with Crippen LogP contribution < -0.4 is 5.32 Å². The van der Waals surface area contributed by atoms with Crippen molar-refractivity contribution in [2.45, 2.75) is 51.0 Å². The summed E-state index contributed by atoms with van der Waals surface area (Å²) in [6.45, 7) is 2.12. The Kier molecular flexibility index (Phi) is 4.06. The van der Waals surface area contributed by atoms with Gasteiger partial charge in [0.05, 0.1) is 5.60 Å². The van der Waals surface area contributed by atoms with Gasteiger partial charge in [0.1, 0.15) is 0 Å². The van der Waals surface area contributed by atoms with Crippen LogP contribution in [0, 0.1) is 6.92 Å². The van der Waals surface area contributed by atoms with Crippen molar-refractivity contribution in [1.29, 1.82) is 0 Å². The molecule has 1 amide bonds. The number of carbonyl (C=O) groups is 1. The Balaban J connectivity index is 1.69. The molecule has 2 heterocycles. The fraction of sp³-hybridized carbons (Fsp3) is 0.600. The number of aromatic nitrogens is 4. The number of nitrogens with zero attached hydrogens (tertiary/aromatic N) is 4. The number of rotatable bonds is 3. The van der Waals surface area contributed by atoms with E-state index in [0.29, 0.717) is 5.78 Å². The van der Waals surface area contributed by atoms with E-state index in [9.17, 15) is 9.90 Å². The zero-order valence-electron chi connectivity index (χ0n) is 12.7. The molecule has 1 aliphatic carbocycles. The predicted molar refractivity (Wildman–Crippen MR) is 80.5 cm³/mol. The van der Waals surface area contributed by atoms with Crippen molar-refractivity contribution < 1.29 is 9.90 Å². The third kappa shape index (κ3) is 3.09. The lowest BCUT2D eigenvalue weighted by Gasteiger charge is -2.26. The standard InChI is InChI=1S/C15H21N5O2/c1-11-6-9-16-14-18-12(19-20(11)14)13(21)17-10-15(22)7-4-2-3-5-8-15/h6,9,22H,2-5,7-8,10H2,1H3,(H,17,21). The van der Waals surface area contributed by atoms with Crippen LogP contribution in [0.1, 0.15) is 54.8 Å². The highest BCUT2D eigenvalue weighted by Crippen LogP contribution is 2.26. The summed E-state index contributed by atoms with van der Waals surface area (Å²) < 4.78 is 1.54. The highest BCUT2D eigenvalue weighted by Gasteiger charge is 2.29. The van der Waals surface area contributed by atoms with E-state index in [1.165, 1.54) is 4.52 Å². The Labute approximate surface area is 128 Å². The van der Waals surface area contributed by atoms with Gasteiger partial charge in [-0.15, -0.1) is 5.10 Å². The smallest absolute Gasteiger partial charge is 0.291 e. The summed E-state index contributed by atoms with van der Waals surface area (Å²) in [5.74, 6) is 0.111. The molecule has 118 valence electrons. The van der Waals surface area contributed by atoms with Crippen LogP contribution in [0.4, 0.5) is 0 Å². The van der Waals surface area contributed by atoms with E-state index in [-0.39, 0.29) is 18.3 Å². The molecule has 7 nitrogen and oxygen atoms in total. The lowest BCUT2D eigenvalue weighted by Crippen LogP contribution is -2.42. The number of hydrogen-bond acceptors (Lipinski definition) is 5. The summed E-state index contributed by atoms with van der Waals surface area (Å²) >= 11 is 0. The minimum absolute atomic E-state index is 0.0824. The molecule has 7 heteroatoms. The molecule has 1 saturated carbocycles. The summed E-state index contributed by atoms with van der Waals surface area (Å²) in [6.07, 6.45) is 7.39. The molecule has 0 unspecified atom stereocenters. The average molecular weight is 303 g/mol. The molecule has 0 saturated heterocycles. The van der Waals surface area contributed by atoms with Gasteiger partial charge in [-0.2, -0.15) is 4.98 Å². The van der Waals surface area contributed by atoms with E-state index >= 15 is 0 Å². The van der Waals surface area contributed by atoms with E-state index in [4.69, 9.17) is 0 Å². The summed E-state index contributed by atoms with van der Waals surface area (Å²) in [6, 6.07) is 1.80. The van der Waals surface area contributed by atoms with Crippen molar-refractivity contribution in [3.8, 4) is 0 Å². The van der Waals surface area contributed by atoms with Gasteiger partial charge in [0.25, 0.3) is 11.7 Å². The fourth-order valence-corrected chi connectivity index (χ4v) is 2.89. The van der Waals surface area contributed by atoms with E-state index in [1.54, 1.807) is 12.3 Å². The maximum atomic E-state index is 12.2. The minimum atomic E-state index is -0.806. The monoisotopic (exact) mass is 303 g/mol. The number of carbonyl (C=O) groups excluding carboxylic acids is 1. The lowest BCUT2D eigenvalue weighted by atomic mass is 9.94. The summed E-state index contributed by atoms with van der Waals surface area (Å²) in [5, 5.41) is 17.5. The summed E-state index contributed by atoms with van der Waals surface area (Å²) in [4.78, 5) is 20.4. The van der Waals surface area contributed by atoms with Crippen molar-refractivity contribution in [1.82, 2.24) is 24.9 Å². The third-order valence-electron chi connectivity index (χ3n) is 4.25. The first-order valence-electron chi connectivity index (χ1n) is 7.76. The minimum Gasteiger partial charge on any atom is -0.388 e. The Morgan fingerprint density at radius 2 is 2.09 bits per heavy atom. The summed E-state index contributed by atoms with van der Waals surface area (Å²) in [5.41, 5.74) is 0.0541. The lowest BCUT2D eigenvalue weighted by molar-refractivity contribution is 0.0245. The van der Waals surface area contributed by atoms with Crippen LogP contribution in [0.2, 0.25) is 0 Å². The van der Waals surface area contributed by atoms with Gasteiger partial charge < -0.3 is 10.4 Å². The molecule has 0 radical (unpaired) electrons. The zero-order chi connectivity index (χ0) is 15.6. The van der Waals surface area contributed by atoms with E-state index in [0.717, 1.165) is 44.2 Å². The topological polar surface area (TPSA) is 92.4 Å². The molecule has 0 atom stereocenters. The first kappa shape index (κ1) is 14.9. The van der Waals surface area contributed by atoms with Gasteiger partial charge in [-0.1, -0.05) is 25.7 Å². The number of aryl methyl sites for hydroxylation is 1. The van der Waals surface area contributed by atoms with Gasteiger partial charge in [-0.25, -0.2) is 9.50 Å². The third-order valence-corrected chi connectivity index (χ3v) is 4.25. The van der Waals surface area contributed by atoms with Gasteiger partial charge >= 0.3 is 0 Å². The number of hydrogen-bond donors (Lipinski definition) is 2. The van der Waals surface area contributed by atoms with Gasteiger partial charge in [-0.05, 0) is 25.8 Å². The Morgan fingerprint density at radius 3 is 2.77 bits per heavy atom. The molecule has 3 rings (SSSR count). The zero-order valence-corrected chi connectivity index (χ0v) is 12.7. The fourth-order valence-electron chi connectivity index (χ4n) is 2.89. The van der Waals surface area contributed by atoms with E-state index in [2.05, 4.69) is 20.4 Å². The molecule has 0 bridgehead atoms. The van der Waals surface area contributed by atoms with Crippen LogP contribution >= 0.6 is 0 Å². The van der Waals surface area contributed by atoms with E-state index in [1.807, 2.05) is 6.92 Å². The van der Waals surface area contributed by atoms with Gasteiger partial charge in [-0.3, -0.25) is 4.79 Å². The highest BCUT2D eigenvalue weighted by molar-refractivity contribution is 5.90. The normalized spacial score (nSPS) is 18.1. The second-order valence-electron chi connectivity index (χ2n) is 6.05. The number of nitrogens with one attached hydrogen (secondary N) is 1. The van der Waals surface area contributed by atoms with Crippen molar-refractivity contribution in [3.63, 3.8) is 0 Å². The maximum absolute atomic E-state index is 12.2. The molecule has 2 aromatic heterocycles. The van der Waals surface area contributed by atoms with Crippen LogP contribution in [0.15, 0.2) is 12.3 Å². The van der Waals surface area contributed by atoms with Crippen LogP contribution in [-0.4, -0.2) is 42.7 Å². The molecule has 0 spiro atoms. The van der Waals surface area contributed by atoms with Crippen molar-refractivity contribution >= 4 is 11.7 Å². The highest BCUT2D eigenvalue weighted by atomic mass is 16.3. The molecule has 2 N–H and O–H groups in total. The van der Waals surface area contributed by atoms with Gasteiger partial charge in [0.15, 0.2) is 0 Å². The molecular weight excluding hydrogens is 282 g/mol. The van der Waals surface area contributed by atoms with Crippen LogP contribution in [0.5, 0.6) is 0 Å². The van der Waals surface area contributed by atoms with Crippen LogP contribution in [0.3, 0.4) is 0 Å². The van der Waals surface area contributed by atoms with Gasteiger partial charge in [0, 0.05) is 18.4 Å². The van der Waals surface area contributed by atoms with E-state index < -0.39 is 5.60 Å². The molecule has 0 aliphatic heterocycles.